The van der Waals surface area contributed by atoms with Crippen LogP contribution in [0.1, 0.15) is 53.4 Å². The summed E-state index contributed by atoms with van der Waals surface area (Å²) in [4.78, 5) is 4.54. The standard InChI is InChI=1S/C16H25NS/c1-10(2)12-5-13-15(3)6-11(12)7-16(13,4)14(8-15)17-9-18/h10-14H,5-8H2,1-4H3/t11?,12?,13?,14?,15-,16-/m0/s1. The van der Waals surface area contributed by atoms with Gasteiger partial charge in [0.1, 0.15) is 0 Å². The van der Waals surface area contributed by atoms with E-state index in [1.54, 1.807) is 0 Å². The summed E-state index contributed by atoms with van der Waals surface area (Å²) in [6.07, 6.45) is 5.48. The molecule has 0 spiro atoms. The third-order valence-electron chi connectivity index (χ3n) is 6.67. The summed E-state index contributed by atoms with van der Waals surface area (Å²) in [7, 11) is 0. The van der Waals surface area contributed by atoms with Crippen LogP contribution in [0.3, 0.4) is 0 Å². The maximum absolute atomic E-state index is 4.87. The van der Waals surface area contributed by atoms with Crippen molar-refractivity contribution in [3.05, 3.63) is 0 Å². The van der Waals surface area contributed by atoms with Crippen LogP contribution >= 0.6 is 12.2 Å². The number of aliphatic imine (C=N–C) groups is 1. The van der Waals surface area contributed by atoms with Gasteiger partial charge >= 0.3 is 0 Å². The number of thiocarbonyl (C=S) groups is 1. The molecule has 0 amide bonds. The van der Waals surface area contributed by atoms with Crippen LogP contribution in [0.15, 0.2) is 4.99 Å². The molecule has 0 saturated heterocycles. The average Bonchev–Trinajstić information content (AvgIpc) is 2.41. The lowest BCUT2D eigenvalue weighted by molar-refractivity contribution is -0.0848. The first kappa shape index (κ1) is 12.8. The highest BCUT2D eigenvalue weighted by Gasteiger charge is 2.66. The fraction of sp³-hybridized carbons (Fsp3) is 0.938. The van der Waals surface area contributed by atoms with Crippen molar-refractivity contribution in [1.29, 1.82) is 0 Å². The summed E-state index contributed by atoms with van der Waals surface area (Å²) in [6.45, 7) is 9.80. The second-order valence-corrected chi connectivity index (χ2v) is 8.15. The predicted molar refractivity (Wildman–Crippen MR) is 78.8 cm³/mol. The molecule has 1 nitrogen and oxygen atoms in total. The van der Waals surface area contributed by atoms with E-state index in [4.69, 9.17) is 12.2 Å². The number of rotatable bonds is 2. The van der Waals surface area contributed by atoms with Gasteiger partial charge in [-0.05, 0) is 72.4 Å². The molecule has 4 fully saturated rings. The zero-order valence-electron chi connectivity index (χ0n) is 12.1. The van der Waals surface area contributed by atoms with E-state index in [1.807, 2.05) is 0 Å². The fourth-order valence-electron chi connectivity index (χ4n) is 5.98. The molecule has 4 unspecified atom stereocenters. The number of hydrogen-bond donors (Lipinski definition) is 0. The van der Waals surface area contributed by atoms with Crippen molar-refractivity contribution in [3.63, 3.8) is 0 Å². The number of fused-ring (bicyclic) bond motifs is 1. The van der Waals surface area contributed by atoms with E-state index < -0.39 is 0 Å². The topological polar surface area (TPSA) is 12.4 Å². The molecule has 6 atom stereocenters. The summed E-state index contributed by atoms with van der Waals surface area (Å²) in [5.41, 5.74) is 0.943. The van der Waals surface area contributed by atoms with Crippen molar-refractivity contribution in [2.24, 2.45) is 39.5 Å². The quantitative estimate of drug-likeness (QED) is 0.525. The number of hydrogen-bond acceptors (Lipinski definition) is 2. The Morgan fingerprint density at radius 1 is 1.22 bits per heavy atom. The fourth-order valence-corrected chi connectivity index (χ4v) is 6.11. The lowest BCUT2D eigenvalue weighted by Gasteiger charge is -2.58. The summed E-state index contributed by atoms with van der Waals surface area (Å²) < 4.78 is 0. The third kappa shape index (κ3) is 1.51. The molecule has 0 N–H and O–H groups in total. The highest BCUT2D eigenvalue weighted by atomic mass is 32.1. The van der Waals surface area contributed by atoms with Crippen LogP contribution in [0.2, 0.25) is 0 Å². The Morgan fingerprint density at radius 2 is 1.94 bits per heavy atom. The zero-order valence-corrected chi connectivity index (χ0v) is 12.9. The van der Waals surface area contributed by atoms with Gasteiger partial charge in [-0.15, -0.1) is 0 Å². The average molecular weight is 263 g/mol. The van der Waals surface area contributed by atoms with Gasteiger partial charge < -0.3 is 0 Å². The Hall–Kier alpha value is -0.200. The molecule has 100 valence electrons. The molecule has 4 aliphatic carbocycles. The summed E-state index contributed by atoms with van der Waals surface area (Å²) >= 11 is 4.87. The molecule has 0 aliphatic heterocycles. The molecule has 0 heterocycles. The molecule has 4 bridgehead atoms. The SMILES string of the molecule is CC(C)C1CC2[C@@]3(C)CC1C[C@]2(C)C(N=C=S)C3. The van der Waals surface area contributed by atoms with Gasteiger partial charge in [0, 0.05) is 0 Å². The van der Waals surface area contributed by atoms with Gasteiger partial charge in [-0.2, -0.15) is 0 Å². The molecule has 4 saturated carbocycles. The van der Waals surface area contributed by atoms with Crippen molar-refractivity contribution in [2.75, 3.05) is 0 Å². The molecule has 18 heavy (non-hydrogen) atoms. The van der Waals surface area contributed by atoms with Crippen LogP contribution in [0, 0.1) is 34.5 Å². The van der Waals surface area contributed by atoms with Crippen LogP contribution in [0.4, 0.5) is 0 Å². The van der Waals surface area contributed by atoms with E-state index in [0.717, 1.165) is 23.7 Å². The van der Waals surface area contributed by atoms with Crippen molar-refractivity contribution >= 4 is 17.4 Å². The van der Waals surface area contributed by atoms with Gasteiger partial charge in [0.25, 0.3) is 0 Å². The van der Waals surface area contributed by atoms with E-state index in [-0.39, 0.29) is 0 Å². The second kappa shape index (κ2) is 3.90. The van der Waals surface area contributed by atoms with Crippen molar-refractivity contribution in [1.82, 2.24) is 0 Å². The third-order valence-corrected chi connectivity index (χ3v) is 6.77. The second-order valence-electron chi connectivity index (χ2n) is 7.96. The molecule has 0 aromatic rings. The summed E-state index contributed by atoms with van der Waals surface area (Å²) in [5, 5.41) is 2.67. The highest BCUT2D eigenvalue weighted by molar-refractivity contribution is 7.78. The summed E-state index contributed by atoms with van der Waals surface area (Å²) in [5.74, 6) is 3.58. The van der Waals surface area contributed by atoms with E-state index in [1.165, 1.54) is 25.7 Å². The first-order valence-corrected chi connectivity index (χ1v) is 7.88. The molecule has 0 aromatic heterocycles. The molecule has 4 rings (SSSR count). The van der Waals surface area contributed by atoms with Crippen molar-refractivity contribution < 1.29 is 0 Å². The predicted octanol–water partition coefficient (Wildman–Crippen LogP) is 4.58. The summed E-state index contributed by atoms with van der Waals surface area (Å²) in [6, 6.07) is 0.447. The number of nitrogens with zero attached hydrogens (tertiary/aromatic N) is 1. The van der Waals surface area contributed by atoms with Gasteiger partial charge in [0.2, 0.25) is 0 Å². The smallest absolute Gasteiger partial charge is 0.0664 e. The minimum atomic E-state index is 0.412. The van der Waals surface area contributed by atoms with Gasteiger partial charge in [-0.3, -0.25) is 0 Å². The Morgan fingerprint density at radius 3 is 2.50 bits per heavy atom. The van der Waals surface area contributed by atoms with Gasteiger partial charge in [-0.1, -0.05) is 27.7 Å². The van der Waals surface area contributed by atoms with Crippen LogP contribution in [-0.2, 0) is 0 Å². The first-order valence-electron chi connectivity index (χ1n) is 7.48. The molecule has 2 heteroatoms. The minimum Gasteiger partial charge on any atom is -0.229 e. The Bertz CT molecular complexity index is 411. The first-order chi connectivity index (χ1) is 8.40. The largest absolute Gasteiger partial charge is 0.229 e. The lowest BCUT2D eigenvalue weighted by atomic mass is 9.47. The Kier molecular flexibility index (Phi) is 2.78. The molecule has 4 aliphatic rings. The van der Waals surface area contributed by atoms with Crippen LogP contribution in [0.5, 0.6) is 0 Å². The van der Waals surface area contributed by atoms with E-state index in [2.05, 4.69) is 37.8 Å². The number of isothiocyanates is 1. The molecular weight excluding hydrogens is 238 g/mol. The highest BCUT2D eigenvalue weighted by Crippen LogP contribution is 2.71. The molecular formula is C16H25NS. The monoisotopic (exact) mass is 263 g/mol. The lowest BCUT2D eigenvalue weighted by Crippen LogP contribution is -2.51. The molecule has 0 radical (unpaired) electrons. The maximum Gasteiger partial charge on any atom is 0.0664 e. The molecule has 0 aromatic carbocycles. The maximum atomic E-state index is 4.87. The van der Waals surface area contributed by atoms with Crippen molar-refractivity contribution in [2.45, 2.75) is 59.4 Å². The van der Waals surface area contributed by atoms with E-state index in [9.17, 15) is 0 Å². The zero-order chi connectivity index (χ0) is 13.1. The normalized spacial score (nSPS) is 53.6. The van der Waals surface area contributed by atoms with Crippen LogP contribution in [0.25, 0.3) is 0 Å². The van der Waals surface area contributed by atoms with Crippen molar-refractivity contribution in [3.8, 4) is 0 Å². The van der Waals surface area contributed by atoms with Gasteiger partial charge in [-0.25, -0.2) is 4.99 Å². The van der Waals surface area contributed by atoms with E-state index >= 15 is 0 Å². The Balaban J connectivity index is 1.97. The van der Waals surface area contributed by atoms with Crippen LogP contribution in [-0.4, -0.2) is 11.2 Å². The van der Waals surface area contributed by atoms with Crippen LogP contribution < -0.4 is 0 Å². The van der Waals surface area contributed by atoms with Gasteiger partial charge in [0.05, 0.1) is 11.2 Å². The Labute approximate surface area is 116 Å². The van der Waals surface area contributed by atoms with E-state index in [0.29, 0.717) is 16.9 Å². The minimum absolute atomic E-state index is 0.412. The van der Waals surface area contributed by atoms with Gasteiger partial charge in [0.15, 0.2) is 0 Å².